The first-order valence-corrected chi connectivity index (χ1v) is 10.3. The summed E-state index contributed by atoms with van der Waals surface area (Å²) >= 11 is 0. The molecular weight excluding hydrogens is 254 g/mol. The third-order valence-electron chi connectivity index (χ3n) is 3.16. The predicted octanol–water partition coefficient (Wildman–Crippen LogP) is 3.77. The summed E-state index contributed by atoms with van der Waals surface area (Å²) in [6.07, 6.45) is 2.88. The number of hydrogen-bond donors (Lipinski definition) is 0. The van der Waals surface area contributed by atoms with E-state index in [0.717, 1.165) is 23.8 Å². The molecule has 0 bridgehead atoms. The van der Waals surface area contributed by atoms with Gasteiger partial charge in [0.15, 0.2) is 0 Å². The van der Waals surface area contributed by atoms with Gasteiger partial charge in [0.2, 0.25) is 0 Å². The normalized spacial score (nSPS) is 11.9. The molecule has 2 rings (SSSR count). The molecule has 0 radical (unpaired) electrons. The Kier molecular flexibility index (Phi) is 4.22. The van der Waals surface area contributed by atoms with Crippen LogP contribution in [0.4, 0.5) is 0 Å². The molecule has 4 heteroatoms. The highest BCUT2D eigenvalue weighted by Crippen LogP contribution is 2.17. The van der Waals surface area contributed by atoms with E-state index < -0.39 is 8.07 Å². The minimum atomic E-state index is -1.02. The zero-order chi connectivity index (χ0) is 13.9. The van der Waals surface area contributed by atoms with E-state index in [1.54, 1.807) is 0 Å². The number of aromatic nitrogens is 1. The molecule has 0 N–H and O–H groups in total. The molecule has 0 spiro atoms. The first-order chi connectivity index (χ1) is 8.99. The van der Waals surface area contributed by atoms with E-state index in [1.807, 2.05) is 30.5 Å². The summed E-state index contributed by atoms with van der Waals surface area (Å²) in [6, 6.07) is 8.92. The highest BCUT2D eigenvalue weighted by molar-refractivity contribution is 6.76. The molecule has 0 amide bonds. The number of fused-ring (bicyclic) bond motifs is 1. The third-order valence-corrected chi connectivity index (χ3v) is 4.86. The van der Waals surface area contributed by atoms with Crippen LogP contribution < -0.4 is 0 Å². The van der Waals surface area contributed by atoms with Crippen molar-refractivity contribution in [2.75, 3.05) is 6.61 Å². The molecule has 19 heavy (non-hydrogen) atoms. The monoisotopic (exact) mass is 275 g/mol. The Morgan fingerprint density at radius 3 is 2.74 bits per heavy atom. The summed E-state index contributed by atoms with van der Waals surface area (Å²) in [5.74, 6) is 0. The van der Waals surface area contributed by atoms with Crippen molar-refractivity contribution in [3.63, 3.8) is 0 Å². The second-order valence-corrected chi connectivity index (χ2v) is 11.7. The molecule has 0 aliphatic heterocycles. The predicted molar refractivity (Wildman–Crippen MR) is 81.4 cm³/mol. The van der Waals surface area contributed by atoms with Gasteiger partial charge in [0.25, 0.3) is 0 Å². The van der Waals surface area contributed by atoms with Gasteiger partial charge in [-0.3, -0.25) is 4.79 Å². The van der Waals surface area contributed by atoms with Crippen molar-refractivity contribution in [3.05, 3.63) is 36.0 Å². The minimum Gasteiger partial charge on any atom is -0.361 e. The molecule has 0 aliphatic carbocycles. The fourth-order valence-corrected chi connectivity index (χ4v) is 2.70. The maximum Gasteiger partial charge on any atom is 0.150 e. The van der Waals surface area contributed by atoms with Gasteiger partial charge in [0.1, 0.15) is 13.0 Å². The second kappa shape index (κ2) is 5.71. The Bertz CT molecular complexity index is 569. The van der Waals surface area contributed by atoms with Gasteiger partial charge in [0.05, 0.1) is 5.52 Å². The summed E-state index contributed by atoms with van der Waals surface area (Å²) in [4.78, 5) is 10.7. The Labute approximate surface area is 115 Å². The lowest BCUT2D eigenvalue weighted by Crippen LogP contribution is -2.21. The van der Waals surface area contributed by atoms with Crippen molar-refractivity contribution in [2.24, 2.45) is 0 Å². The maximum atomic E-state index is 10.7. The number of ether oxygens (including phenoxy) is 1. The number of hydrogen-bond acceptors (Lipinski definition) is 2. The molecule has 0 saturated carbocycles. The zero-order valence-corrected chi connectivity index (χ0v) is 12.8. The average molecular weight is 275 g/mol. The lowest BCUT2D eigenvalue weighted by atomic mass is 10.2. The molecule has 1 heterocycles. The SMILES string of the molecule is C[Si](C)(C)CCOCn1ccc2cc(C=O)ccc21. The Balaban J connectivity index is 2.00. The summed E-state index contributed by atoms with van der Waals surface area (Å²) in [5, 5.41) is 1.08. The van der Waals surface area contributed by atoms with Crippen LogP contribution in [0.5, 0.6) is 0 Å². The fraction of sp³-hybridized carbons (Fsp3) is 0.400. The van der Waals surface area contributed by atoms with E-state index in [2.05, 4.69) is 24.2 Å². The minimum absolute atomic E-state index is 0.578. The highest BCUT2D eigenvalue weighted by Gasteiger charge is 2.12. The summed E-state index contributed by atoms with van der Waals surface area (Å²) < 4.78 is 7.82. The number of nitrogens with zero attached hydrogens (tertiary/aromatic N) is 1. The van der Waals surface area contributed by atoms with Gasteiger partial charge in [0, 0.05) is 31.8 Å². The molecule has 0 fully saturated rings. The number of rotatable bonds is 6. The van der Waals surface area contributed by atoms with Gasteiger partial charge >= 0.3 is 0 Å². The van der Waals surface area contributed by atoms with Crippen LogP contribution in [0.1, 0.15) is 10.4 Å². The van der Waals surface area contributed by atoms with Crippen LogP contribution in [0, 0.1) is 0 Å². The topological polar surface area (TPSA) is 31.2 Å². The van der Waals surface area contributed by atoms with Crippen LogP contribution >= 0.6 is 0 Å². The lowest BCUT2D eigenvalue weighted by molar-refractivity contribution is 0.0902. The summed E-state index contributed by atoms with van der Waals surface area (Å²) in [5.41, 5.74) is 1.82. The van der Waals surface area contributed by atoms with E-state index in [-0.39, 0.29) is 0 Å². The first-order valence-electron chi connectivity index (χ1n) is 6.61. The van der Waals surface area contributed by atoms with E-state index in [0.29, 0.717) is 12.3 Å². The Morgan fingerprint density at radius 1 is 1.26 bits per heavy atom. The molecule has 0 atom stereocenters. The lowest BCUT2D eigenvalue weighted by Gasteiger charge is -2.15. The number of benzene rings is 1. The first kappa shape index (κ1) is 14.0. The Hall–Kier alpha value is -1.39. The van der Waals surface area contributed by atoms with Crippen LogP contribution in [0.3, 0.4) is 0 Å². The molecule has 102 valence electrons. The van der Waals surface area contributed by atoms with Gasteiger partial charge in [-0.2, -0.15) is 0 Å². The van der Waals surface area contributed by atoms with Crippen molar-refractivity contribution < 1.29 is 9.53 Å². The van der Waals surface area contributed by atoms with Crippen molar-refractivity contribution in [2.45, 2.75) is 32.4 Å². The van der Waals surface area contributed by atoms with Crippen molar-refractivity contribution in [3.8, 4) is 0 Å². The van der Waals surface area contributed by atoms with Gasteiger partial charge in [-0.05, 0) is 30.3 Å². The van der Waals surface area contributed by atoms with Crippen LogP contribution in [-0.4, -0.2) is 25.5 Å². The number of aldehydes is 1. The third kappa shape index (κ3) is 3.78. The van der Waals surface area contributed by atoms with Crippen molar-refractivity contribution >= 4 is 25.3 Å². The van der Waals surface area contributed by atoms with Crippen molar-refractivity contribution in [1.82, 2.24) is 4.57 Å². The standard InChI is InChI=1S/C15H21NO2Si/c1-19(2,3)9-8-18-12-16-7-6-14-10-13(11-17)4-5-15(14)16/h4-7,10-11H,8-9,12H2,1-3H3. The van der Waals surface area contributed by atoms with Gasteiger partial charge in [-0.25, -0.2) is 0 Å². The van der Waals surface area contributed by atoms with Gasteiger partial charge < -0.3 is 9.30 Å². The Morgan fingerprint density at radius 2 is 2.05 bits per heavy atom. The number of carbonyl (C=O) groups excluding carboxylic acids is 1. The van der Waals surface area contributed by atoms with Crippen LogP contribution in [-0.2, 0) is 11.5 Å². The molecule has 0 unspecified atom stereocenters. The smallest absolute Gasteiger partial charge is 0.150 e. The van der Waals surface area contributed by atoms with Crippen LogP contribution in [0.2, 0.25) is 25.7 Å². The van der Waals surface area contributed by atoms with Crippen LogP contribution in [0.15, 0.2) is 30.5 Å². The number of carbonyl (C=O) groups is 1. The average Bonchev–Trinajstić information content (AvgIpc) is 2.75. The van der Waals surface area contributed by atoms with E-state index >= 15 is 0 Å². The summed E-state index contributed by atoms with van der Waals surface area (Å²) in [7, 11) is -1.02. The molecule has 0 saturated heterocycles. The molecule has 2 aromatic rings. The van der Waals surface area contributed by atoms with Gasteiger partial charge in [-0.15, -0.1) is 0 Å². The van der Waals surface area contributed by atoms with E-state index in [9.17, 15) is 4.79 Å². The second-order valence-electron chi connectivity index (χ2n) is 6.07. The quantitative estimate of drug-likeness (QED) is 0.456. The fourth-order valence-electron chi connectivity index (χ4n) is 1.95. The molecular formula is C15H21NO2Si. The zero-order valence-electron chi connectivity index (χ0n) is 11.8. The molecule has 0 aliphatic rings. The summed E-state index contributed by atoms with van der Waals surface area (Å²) in [6.45, 7) is 8.45. The molecule has 3 nitrogen and oxygen atoms in total. The molecule has 1 aromatic heterocycles. The largest absolute Gasteiger partial charge is 0.361 e. The van der Waals surface area contributed by atoms with Crippen LogP contribution in [0.25, 0.3) is 10.9 Å². The van der Waals surface area contributed by atoms with Gasteiger partial charge in [-0.1, -0.05) is 19.6 Å². The van der Waals surface area contributed by atoms with E-state index in [1.165, 1.54) is 6.04 Å². The molecule has 1 aromatic carbocycles. The van der Waals surface area contributed by atoms with Crippen molar-refractivity contribution in [1.29, 1.82) is 0 Å². The maximum absolute atomic E-state index is 10.7. The highest BCUT2D eigenvalue weighted by atomic mass is 28.3. The van der Waals surface area contributed by atoms with E-state index in [4.69, 9.17) is 4.74 Å².